The van der Waals surface area contributed by atoms with E-state index in [0.717, 1.165) is 23.6 Å². The van der Waals surface area contributed by atoms with E-state index in [9.17, 15) is 0 Å². The first kappa shape index (κ1) is 11.5. The molecular formula is C15H15ClN2. The van der Waals surface area contributed by atoms with Gasteiger partial charge in [0.05, 0.1) is 5.02 Å². The molecular weight excluding hydrogens is 244 g/mol. The molecule has 2 nitrogen and oxygen atoms in total. The molecule has 2 heterocycles. The van der Waals surface area contributed by atoms with Gasteiger partial charge in [0.1, 0.15) is 0 Å². The SMILES string of the molecule is C[C@@H]1Cc2ccccc2N1Cc1ccncc1Cl. The normalized spacial score (nSPS) is 17.9. The van der Waals surface area contributed by atoms with E-state index in [-0.39, 0.29) is 0 Å². The molecule has 0 saturated heterocycles. The highest BCUT2D eigenvalue weighted by molar-refractivity contribution is 6.31. The second kappa shape index (κ2) is 4.62. The van der Waals surface area contributed by atoms with Gasteiger partial charge in [-0.2, -0.15) is 0 Å². The largest absolute Gasteiger partial charge is 0.364 e. The highest BCUT2D eigenvalue weighted by Gasteiger charge is 2.25. The van der Waals surface area contributed by atoms with E-state index in [1.165, 1.54) is 11.3 Å². The van der Waals surface area contributed by atoms with Gasteiger partial charge in [-0.3, -0.25) is 4.98 Å². The number of fused-ring (bicyclic) bond motifs is 1. The average molecular weight is 259 g/mol. The van der Waals surface area contributed by atoms with E-state index in [1.54, 1.807) is 12.4 Å². The number of benzene rings is 1. The second-order valence-corrected chi connectivity index (χ2v) is 5.18. The number of halogens is 1. The quantitative estimate of drug-likeness (QED) is 0.817. The predicted octanol–water partition coefficient (Wildman–Crippen LogP) is 3.69. The molecule has 3 rings (SSSR count). The lowest BCUT2D eigenvalue weighted by Crippen LogP contribution is -2.28. The standard InChI is InChI=1S/C15H15ClN2/c1-11-8-12-4-2-3-5-15(12)18(11)10-13-6-7-17-9-14(13)16/h2-7,9,11H,8,10H2,1H3/t11-/m1/s1. The molecule has 0 aliphatic carbocycles. The Kier molecular flexibility index (Phi) is 2.96. The summed E-state index contributed by atoms with van der Waals surface area (Å²) in [6.07, 6.45) is 4.62. The lowest BCUT2D eigenvalue weighted by Gasteiger charge is -2.25. The molecule has 0 N–H and O–H groups in total. The highest BCUT2D eigenvalue weighted by Crippen LogP contribution is 2.33. The number of anilines is 1. The summed E-state index contributed by atoms with van der Waals surface area (Å²) >= 11 is 6.19. The van der Waals surface area contributed by atoms with Crippen LogP contribution >= 0.6 is 11.6 Å². The molecule has 0 bridgehead atoms. The third kappa shape index (κ3) is 1.97. The summed E-state index contributed by atoms with van der Waals surface area (Å²) in [7, 11) is 0. The number of hydrogen-bond donors (Lipinski definition) is 0. The van der Waals surface area contributed by atoms with Gasteiger partial charge in [-0.05, 0) is 36.6 Å². The molecule has 1 aliphatic rings. The third-order valence-electron chi connectivity index (χ3n) is 3.55. The van der Waals surface area contributed by atoms with E-state index in [1.807, 2.05) is 6.07 Å². The van der Waals surface area contributed by atoms with Gasteiger partial charge in [0, 0.05) is 30.7 Å². The number of aromatic nitrogens is 1. The van der Waals surface area contributed by atoms with Gasteiger partial charge in [-0.25, -0.2) is 0 Å². The van der Waals surface area contributed by atoms with Crippen molar-refractivity contribution in [3.05, 3.63) is 58.9 Å². The molecule has 0 spiro atoms. The maximum atomic E-state index is 6.19. The molecule has 0 radical (unpaired) electrons. The summed E-state index contributed by atoms with van der Waals surface area (Å²) in [5.74, 6) is 0. The van der Waals surface area contributed by atoms with Crippen molar-refractivity contribution >= 4 is 17.3 Å². The van der Waals surface area contributed by atoms with Crippen LogP contribution in [0.25, 0.3) is 0 Å². The molecule has 1 atom stereocenters. The molecule has 0 amide bonds. The van der Waals surface area contributed by atoms with E-state index >= 15 is 0 Å². The van der Waals surface area contributed by atoms with Crippen molar-refractivity contribution in [2.24, 2.45) is 0 Å². The van der Waals surface area contributed by atoms with Crippen LogP contribution in [0.4, 0.5) is 5.69 Å². The van der Waals surface area contributed by atoms with Crippen molar-refractivity contribution in [1.82, 2.24) is 4.98 Å². The van der Waals surface area contributed by atoms with Crippen molar-refractivity contribution in [3.63, 3.8) is 0 Å². The molecule has 3 heteroatoms. The molecule has 92 valence electrons. The smallest absolute Gasteiger partial charge is 0.0639 e. The van der Waals surface area contributed by atoms with E-state index in [2.05, 4.69) is 41.1 Å². The minimum Gasteiger partial charge on any atom is -0.364 e. The van der Waals surface area contributed by atoms with Crippen molar-refractivity contribution in [2.45, 2.75) is 25.9 Å². The van der Waals surface area contributed by atoms with Crippen LogP contribution in [-0.4, -0.2) is 11.0 Å². The maximum absolute atomic E-state index is 6.19. The van der Waals surface area contributed by atoms with Crippen LogP contribution < -0.4 is 4.90 Å². The molecule has 18 heavy (non-hydrogen) atoms. The Morgan fingerprint density at radius 1 is 1.33 bits per heavy atom. The first-order valence-electron chi connectivity index (χ1n) is 6.18. The molecule has 1 aromatic carbocycles. The van der Waals surface area contributed by atoms with Crippen LogP contribution in [0.5, 0.6) is 0 Å². The summed E-state index contributed by atoms with van der Waals surface area (Å²) in [6, 6.07) is 11.1. The van der Waals surface area contributed by atoms with Crippen LogP contribution in [0.15, 0.2) is 42.7 Å². The molecule has 1 aliphatic heterocycles. The lowest BCUT2D eigenvalue weighted by molar-refractivity contribution is 0.672. The summed E-state index contributed by atoms with van der Waals surface area (Å²) in [6.45, 7) is 3.11. The van der Waals surface area contributed by atoms with E-state index in [0.29, 0.717) is 6.04 Å². The first-order valence-corrected chi connectivity index (χ1v) is 6.56. The number of rotatable bonds is 2. The average Bonchev–Trinajstić information content (AvgIpc) is 2.69. The van der Waals surface area contributed by atoms with Gasteiger partial charge in [0.15, 0.2) is 0 Å². The summed E-state index contributed by atoms with van der Waals surface area (Å²) in [4.78, 5) is 6.45. The fourth-order valence-corrected chi connectivity index (χ4v) is 2.77. The first-order chi connectivity index (χ1) is 8.75. The van der Waals surface area contributed by atoms with Crippen LogP contribution in [-0.2, 0) is 13.0 Å². The minimum absolute atomic E-state index is 0.520. The summed E-state index contributed by atoms with van der Waals surface area (Å²) < 4.78 is 0. The van der Waals surface area contributed by atoms with Gasteiger partial charge < -0.3 is 4.90 Å². The number of nitrogens with zero attached hydrogens (tertiary/aromatic N) is 2. The Bertz CT molecular complexity index is 568. The maximum Gasteiger partial charge on any atom is 0.0639 e. The monoisotopic (exact) mass is 258 g/mol. The molecule has 0 fully saturated rings. The Hall–Kier alpha value is -1.54. The van der Waals surface area contributed by atoms with Crippen LogP contribution in [0.1, 0.15) is 18.1 Å². The van der Waals surface area contributed by atoms with Crippen molar-refractivity contribution in [3.8, 4) is 0 Å². The van der Waals surface area contributed by atoms with Gasteiger partial charge in [0.25, 0.3) is 0 Å². The highest BCUT2D eigenvalue weighted by atomic mass is 35.5. The fourth-order valence-electron chi connectivity index (χ4n) is 2.59. The molecule has 0 saturated carbocycles. The minimum atomic E-state index is 0.520. The van der Waals surface area contributed by atoms with Gasteiger partial charge in [-0.15, -0.1) is 0 Å². The zero-order valence-corrected chi connectivity index (χ0v) is 11.1. The van der Waals surface area contributed by atoms with Crippen LogP contribution in [0.3, 0.4) is 0 Å². The zero-order chi connectivity index (χ0) is 12.5. The third-order valence-corrected chi connectivity index (χ3v) is 3.89. The summed E-state index contributed by atoms with van der Waals surface area (Å²) in [5, 5.41) is 0.745. The Morgan fingerprint density at radius 2 is 2.17 bits per heavy atom. The van der Waals surface area contributed by atoms with Gasteiger partial charge in [0.2, 0.25) is 0 Å². The fraction of sp³-hybridized carbons (Fsp3) is 0.267. The van der Waals surface area contributed by atoms with Crippen molar-refractivity contribution < 1.29 is 0 Å². The second-order valence-electron chi connectivity index (χ2n) is 4.78. The van der Waals surface area contributed by atoms with E-state index in [4.69, 9.17) is 11.6 Å². The van der Waals surface area contributed by atoms with Gasteiger partial charge >= 0.3 is 0 Å². The number of hydrogen-bond acceptors (Lipinski definition) is 2. The Morgan fingerprint density at radius 3 is 3.00 bits per heavy atom. The molecule has 0 unspecified atom stereocenters. The van der Waals surface area contributed by atoms with Crippen molar-refractivity contribution in [1.29, 1.82) is 0 Å². The van der Waals surface area contributed by atoms with E-state index < -0.39 is 0 Å². The number of para-hydroxylation sites is 1. The summed E-state index contributed by atoms with van der Waals surface area (Å²) in [5.41, 5.74) is 3.89. The molecule has 1 aromatic heterocycles. The predicted molar refractivity (Wildman–Crippen MR) is 75.0 cm³/mol. The Balaban J connectivity index is 1.92. The lowest BCUT2D eigenvalue weighted by atomic mass is 10.1. The molecule has 2 aromatic rings. The Labute approximate surface area is 112 Å². The zero-order valence-electron chi connectivity index (χ0n) is 10.3. The van der Waals surface area contributed by atoms with Crippen LogP contribution in [0.2, 0.25) is 5.02 Å². The topological polar surface area (TPSA) is 16.1 Å². The number of pyridine rings is 1. The van der Waals surface area contributed by atoms with Crippen LogP contribution in [0, 0.1) is 0 Å². The van der Waals surface area contributed by atoms with Crippen molar-refractivity contribution in [2.75, 3.05) is 4.90 Å². The van der Waals surface area contributed by atoms with Gasteiger partial charge in [-0.1, -0.05) is 29.8 Å².